The van der Waals surface area contributed by atoms with Gasteiger partial charge in [-0.3, -0.25) is 4.79 Å². The molecule has 0 spiro atoms. The van der Waals surface area contributed by atoms with Gasteiger partial charge >= 0.3 is 0 Å². The second-order valence-corrected chi connectivity index (χ2v) is 6.52. The molecule has 4 nitrogen and oxygen atoms in total. The number of halogens is 2. The van der Waals surface area contributed by atoms with Gasteiger partial charge in [0.15, 0.2) is 6.61 Å². The molecular formula is C19H18BrFN2O2. The predicted octanol–water partition coefficient (Wildman–Crippen LogP) is 4.53. The highest BCUT2D eigenvalue weighted by Crippen LogP contribution is 2.26. The molecule has 0 aromatic heterocycles. The topological polar surface area (TPSA) is 53.3 Å². The quantitative estimate of drug-likeness (QED) is 0.710. The number of carbonyl (C=O) groups excluding carboxylic acids is 1. The first-order chi connectivity index (χ1) is 11.9. The van der Waals surface area contributed by atoms with Crippen LogP contribution in [-0.4, -0.2) is 19.1 Å². The number of hydrogen-bond donors (Lipinski definition) is 0. The van der Waals surface area contributed by atoms with Crippen molar-refractivity contribution >= 4 is 27.5 Å². The van der Waals surface area contributed by atoms with E-state index in [0.717, 1.165) is 16.8 Å². The van der Waals surface area contributed by atoms with Crippen LogP contribution in [0.4, 0.5) is 10.1 Å². The van der Waals surface area contributed by atoms with Gasteiger partial charge in [0.2, 0.25) is 0 Å². The number of benzene rings is 2. The molecule has 2 aromatic carbocycles. The summed E-state index contributed by atoms with van der Waals surface area (Å²) in [6.45, 7) is 3.99. The third-order valence-corrected chi connectivity index (χ3v) is 4.13. The number of carbonyl (C=O) groups is 1. The smallest absolute Gasteiger partial charge is 0.264 e. The number of rotatable bonds is 6. The molecule has 25 heavy (non-hydrogen) atoms. The highest BCUT2D eigenvalue weighted by molar-refractivity contribution is 9.10. The van der Waals surface area contributed by atoms with E-state index in [9.17, 15) is 9.18 Å². The normalized spacial score (nSPS) is 10.2. The third kappa shape index (κ3) is 5.30. The fraction of sp³-hybridized carbons (Fsp3) is 0.263. The van der Waals surface area contributed by atoms with E-state index < -0.39 is 5.82 Å². The van der Waals surface area contributed by atoms with Crippen molar-refractivity contribution in [3.63, 3.8) is 0 Å². The van der Waals surface area contributed by atoms with Crippen LogP contribution in [0.25, 0.3) is 0 Å². The van der Waals surface area contributed by atoms with Gasteiger partial charge in [-0.15, -0.1) is 0 Å². The Morgan fingerprint density at radius 1 is 1.24 bits per heavy atom. The Morgan fingerprint density at radius 2 is 1.92 bits per heavy atom. The first-order valence-electron chi connectivity index (χ1n) is 7.74. The van der Waals surface area contributed by atoms with Gasteiger partial charge in [0.25, 0.3) is 5.91 Å². The Balaban J connectivity index is 2.16. The zero-order valence-corrected chi connectivity index (χ0v) is 15.6. The average molecular weight is 405 g/mol. The first kappa shape index (κ1) is 18.9. The van der Waals surface area contributed by atoms with Crippen LogP contribution in [0.5, 0.6) is 5.75 Å². The third-order valence-electron chi connectivity index (χ3n) is 3.51. The van der Waals surface area contributed by atoms with E-state index in [1.807, 2.05) is 32.0 Å². The van der Waals surface area contributed by atoms with Crippen LogP contribution in [0.1, 0.15) is 17.5 Å². The van der Waals surface area contributed by atoms with Crippen LogP contribution < -0.4 is 9.64 Å². The molecule has 0 saturated carbocycles. The number of nitrogens with zero attached hydrogens (tertiary/aromatic N) is 2. The van der Waals surface area contributed by atoms with Crippen LogP contribution in [-0.2, 0) is 4.79 Å². The van der Waals surface area contributed by atoms with Crippen molar-refractivity contribution in [1.29, 1.82) is 5.26 Å². The lowest BCUT2D eigenvalue weighted by Crippen LogP contribution is -2.35. The SMILES string of the molecule is Cc1cc(C)cc(N(CCC#N)C(=O)COc2ccc(F)cc2Br)c1. The monoisotopic (exact) mass is 404 g/mol. The van der Waals surface area contributed by atoms with E-state index in [0.29, 0.717) is 10.2 Å². The lowest BCUT2D eigenvalue weighted by molar-refractivity contribution is -0.120. The molecule has 0 N–H and O–H groups in total. The number of ether oxygens (including phenoxy) is 1. The molecule has 0 aliphatic rings. The first-order valence-corrected chi connectivity index (χ1v) is 8.53. The maximum absolute atomic E-state index is 13.1. The summed E-state index contributed by atoms with van der Waals surface area (Å²) in [6, 6.07) is 11.9. The molecular weight excluding hydrogens is 387 g/mol. The van der Waals surface area contributed by atoms with Crippen LogP contribution in [0, 0.1) is 31.0 Å². The Labute approximate surface area is 155 Å². The van der Waals surface area contributed by atoms with E-state index in [1.54, 1.807) is 4.90 Å². The maximum Gasteiger partial charge on any atom is 0.264 e. The van der Waals surface area contributed by atoms with Gasteiger partial charge in [-0.1, -0.05) is 6.07 Å². The van der Waals surface area contributed by atoms with E-state index >= 15 is 0 Å². The van der Waals surface area contributed by atoms with Gasteiger partial charge < -0.3 is 9.64 Å². The summed E-state index contributed by atoms with van der Waals surface area (Å²) in [5, 5.41) is 8.86. The largest absolute Gasteiger partial charge is 0.483 e. The van der Waals surface area contributed by atoms with Crippen molar-refractivity contribution in [3.8, 4) is 11.8 Å². The number of hydrogen-bond acceptors (Lipinski definition) is 3. The van der Waals surface area contributed by atoms with Crippen LogP contribution in [0.3, 0.4) is 0 Å². The number of anilines is 1. The minimum Gasteiger partial charge on any atom is -0.483 e. The van der Waals surface area contributed by atoms with Gasteiger partial charge in [-0.25, -0.2) is 4.39 Å². The van der Waals surface area contributed by atoms with Crippen LogP contribution in [0.15, 0.2) is 40.9 Å². The molecule has 0 saturated heterocycles. The summed E-state index contributed by atoms with van der Waals surface area (Å²) in [6.07, 6.45) is 0.221. The van der Waals surface area contributed by atoms with Crippen molar-refractivity contribution in [3.05, 3.63) is 57.8 Å². The molecule has 0 radical (unpaired) electrons. The molecule has 0 fully saturated rings. The molecule has 6 heteroatoms. The molecule has 2 rings (SSSR count). The average Bonchev–Trinajstić information content (AvgIpc) is 2.53. The summed E-state index contributed by atoms with van der Waals surface area (Å²) in [4.78, 5) is 14.2. The lowest BCUT2D eigenvalue weighted by Gasteiger charge is -2.23. The minimum absolute atomic E-state index is 0.206. The Bertz CT molecular complexity index is 797. The number of aryl methyl sites for hydroxylation is 2. The zero-order valence-electron chi connectivity index (χ0n) is 14.1. The van der Waals surface area contributed by atoms with Crippen LogP contribution >= 0.6 is 15.9 Å². The standard InChI is InChI=1S/C19H18BrFN2O2/c1-13-8-14(2)10-16(9-13)23(7-3-6-22)19(24)12-25-18-5-4-15(21)11-17(18)20/h4-5,8-11H,3,7,12H2,1-2H3. The molecule has 0 aliphatic carbocycles. The van der Waals surface area contributed by atoms with Crippen molar-refractivity contribution in [2.24, 2.45) is 0 Å². The number of nitriles is 1. The Kier molecular flexibility index (Phi) is 6.54. The van der Waals surface area contributed by atoms with E-state index in [1.165, 1.54) is 18.2 Å². The lowest BCUT2D eigenvalue weighted by atomic mass is 10.1. The summed E-state index contributed by atoms with van der Waals surface area (Å²) >= 11 is 3.21. The van der Waals surface area contributed by atoms with E-state index in [-0.39, 0.29) is 25.5 Å². The highest BCUT2D eigenvalue weighted by Gasteiger charge is 2.17. The van der Waals surface area contributed by atoms with Gasteiger partial charge in [-0.2, -0.15) is 5.26 Å². The molecule has 2 aromatic rings. The molecule has 130 valence electrons. The second kappa shape index (κ2) is 8.63. The molecule has 0 aliphatic heterocycles. The molecule has 0 atom stereocenters. The number of amides is 1. The highest BCUT2D eigenvalue weighted by atomic mass is 79.9. The molecule has 0 bridgehead atoms. The fourth-order valence-corrected chi connectivity index (χ4v) is 2.94. The minimum atomic E-state index is -0.392. The molecule has 0 heterocycles. The van der Waals surface area contributed by atoms with Crippen molar-refractivity contribution in [2.75, 3.05) is 18.1 Å². The van der Waals surface area contributed by atoms with Crippen molar-refractivity contribution < 1.29 is 13.9 Å². The van der Waals surface area contributed by atoms with Crippen molar-refractivity contribution in [2.45, 2.75) is 20.3 Å². The summed E-state index contributed by atoms with van der Waals surface area (Å²) < 4.78 is 19.1. The predicted molar refractivity (Wildman–Crippen MR) is 98.1 cm³/mol. The second-order valence-electron chi connectivity index (χ2n) is 5.66. The van der Waals surface area contributed by atoms with Crippen LogP contribution in [0.2, 0.25) is 0 Å². The Hall–Kier alpha value is -2.39. The molecule has 1 amide bonds. The van der Waals surface area contributed by atoms with Gasteiger partial charge in [0.1, 0.15) is 11.6 Å². The summed E-state index contributed by atoms with van der Waals surface area (Å²) in [5.41, 5.74) is 2.80. The van der Waals surface area contributed by atoms with Gasteiger partial charge in [0.05, 0.1) is 17.0 Å². The molecule has 0 unspecified atom stereocenters. The zero-order chi connectivity index (χ0) is 18.4. The maximum atomic E-state index is 13.1. The fourth-order valence-electron chi connectivity index (χ4n) is 2.48. The van der Waals surface area contributed by atoms with E-state index in [2.05, 4.69) is 22.0 Å². The van der Waals surface area contributed by atoms with Crippen molar-refractivity contribution in [1.82, 2.24) is 0 Å². The van der Waals surface area contributed by atoms with Gasteiger partial charge in [0, 0.05) is 12.2 Å². The Morgan fingerprint density at radius 3 is 2.52 bits per heavy atom. The summed E-state index contributed by atoms with van der Waals surface area (Å²) in [5.74, 6) is -0.275. The van der Waals surface area contributed by atoms with Gasteiger partial charge in [-0.05, 0) is 71.2 Å². The van der Waals surface area contributed by atoms with E-state index in [4.69, 9.17) is 10.00 Å². The summed E-state index contributed by atoms with van der Waals surface area (Å²) in [7, 11) is 0.